The molecule has 0 unspecified atom stereocenters. The molecule has 0 aliphatic heterocycles. The number of carbonyl (C=O) groups excluding carboxylic acids is 1. The Hall–Kier alpha value is -3.90. The Labute approximate surface area is 285 Å². The predicted octanol–water partition coefficient (Wildman–Crippen LogP) is 6.21. The van der Waals surface area contributed by atoms with Crippen LogP contribution in [0.4, 0.5) is 11.4 Å². The molecule has 0 aromatic heterocycles. The van der Waals surface area contributed by atoms with Crippen molar-refractivity contribution in [1.29, 1.82) is 0 Å². The minimum absolute atomic E-state index is 1.15. The number of nitrogens with zero attached hydrogens (tertiary/aromatic N) is 2. The van der Waals surface area contributed by atoms with Crippen molar-refractivity contribution >= 4 is 59.0 Å². The van der Waals surface area contributed by atoms with Gasteiger partial charge in [0.15, 0.2) is 0 Å². The second kappa shape index (κ2) is 14.5. The monoisotopic (exact) mass is 834 g/mol. The Balaban J connectivity index is 1.82. The van der Waals surface area contributed by atoms with Crippen molar-refractivity contribution in [3.63, 3.8) is 0 Å². The Kier molecular flexibility index (Phi) is 10.2. The van der Waals surface area contributed by atoms with Crippen molar-refractivity contribution in [2.24, 2.45) is 0 Å². The van der Waals surface area contributed by atoms with Crippen LogP contribution < -0.4 is 41.6 Å². The molecule has 0 heterocycles. The van der Waals surface area contributed by atoms with Gasteiger partial charge in [-0.3, -0.25) is 0 Å². The summed E-state index contributed by atoms with van der Waals surface area (Å²) in [6.45, 7) is 0. The van der Waals surface area contributed by atoms with E-state index in [4.69, 9.17) is 0 Å². The molecule has 6 aromatic carbocycles. The molecule has 3 nitrogen and oxygen atoms in total. The summed E-state index contributed by atoms with van der Waals surface area (Å²) < 4.78 is 0. The van der Waals surface area contributed by atoms with E-state index in [0.717, 1.165) is 11.4 Å². The molecule has 0 N–H and O–H groups in total. The van der Waals surface area contributed by atoms with E-state index in [-0.39, 0.29) is 0 Å². The van der Waals surface area contributed by atoms with Gasteiger partial charge in [0.05, 0.1) is 0 Å². The molecule has 6 aromatic rings. The number of carbonyl (C=O) groups is 1. The van der Waals surface area contributed by atoms with Crippen molar-refractivity contribution in [2.75, 3.05) is 38.0 Å². The fourth-order valence-electron chi connectivity index (χ4n) is 6.53. The van der Waals surface area contributed by atoms with Crippen molar-refractivity contribution in [3.8, 4) is 0 Å². The quantitative estimate of drug-likeness (QED) is 0.115. The van der Waals surface area contributed by atoms with Crippen molar-refractivity contribution in [1.82, 2.24) is 0 Å². The molecule has 6 rings (SSSR count). The fourth-order valence-corrected chi connectivity index (χ4v) is 64.7. The van der Waals surface area contributed by atoms with Crippen LogP contribution in [0.15, 0.2) is 170 Å². The van der Waals surface area contributed by atoms with Gasteiger partial charge in [-0.15, -0.1) is 0 Å². The molecule has 0 aliphatic carbocycles. The Morgan fingerprint density at radius 2 is 0.617 bits per heavy atom. The van der Waals surface area contributed by atoms with Gasteiger partial charge in [0.1, 0.15) is 0 Å². The van der Waals surface area contributed by atoms with Crippen LogP contribution in [-0.2, 0) is 20.3 Å². The van der Waals surface area contributed by atoms with E-state index >= 15 is 0 Å². The second-order valence-electron chi connectivity index (χ2n) is 12.0. The van der Waals surface area contributed by atoms with Gasteiger partial charge in [0.25, 0.3) is 0 Å². The van der Waals surface area contributed by atoms with Crippen molar-refractivity contribution < 1.29 is 20.3 Å². The topological polar surface area (TPSA) is 23.6 Å². The normalized spacial score (nSPS) is 12.6. The zero-order valence-corrected chi connectivity index (χ0v) is 31.8. The van der Waals surface area contributed by atoms with E-state index in [1.165, 1.54) is 36.6 Å². The standard InChI is InChI=1S/2C20H20NP.CHO.Ir/c2*1-21(2)17-13-15-20(16-14-17)22(18-9-5-3-6-10-18)19-11-7-4-8-12-19;1-2;/h2*3-16H,1-2H3;1H;/q;;;-2/p+2. The van der Waals surface area contributed by atoms with Gasteiger partial charge in [-0.2, -0.15) is 0 Å². The first kappa shape index (κ1) is 33.0. The van der Waals surface area contributed by atoms with E-state index in [9.17, 15) is 4.79 Å². The first-order valence-electron chi connectivity index (χ1n) is 15.8. The summed E-state index contributed by atoms with van der Waals surface area (Å²) in [7, 11) is 8.33. The average Bonchev–Trinajstić information content (AvgIpc) is 3.13. The maximum atomic E-state index is 14.7. The van der Waals surface area contributed by atoms with Crippen molar-refractivity contribution in [3.05, 3.63) is 170 Å². The maximum absolute atomic E-state index is 14.7. The van der Waals surface area contributed by atoms with Crippen LogP contribution in [0.5, 0.6) is 0 Å². The van der Waals surface area contributed by atoms with Crippen LogP contribution in [0.3, 0.4) is 0 Å². The molecule has 0 radical (unpaired) electrons. The summed E-state index contributed by atoms with van der Waals surface area (Å²) in [6, 6.07) is 62.4. The molecule has 47 heavy (non-hydrogen) atoms. The van der Waals surface area contributed by atoms with Gasteiger partial charge < -0.3 is 0 Å². The molecule has 0 saturated carbocycles. The van der Waals surface area contributed by atoms with Crippen LogP contribution in [-0.4, -0.2) is 33.0 Å². The zero-order valence-electron chi connectivity index (χ0n) is 27.4. The summed E-state index contributed by atoms with van der Waals surface area (Å²) in [5.74, 6) is 0. The summed E-state index contributed by atoms with van der Waals surface area (Å²) >= 11 is -3.03. The second-order valence-corrected chi connectivity index (χ2v) is 39.8. The Morgan fingerprint density at radius 3 is 0.830 bits per heavy atom. The molecule has 0 bridgehead atoms. The van der Waals surface area contributed by atoms with Crippen LogP contribution >= 0.6 is 11.0 Å². The average molecular weight is 834 g/mol. The number of rotatable bonds is 11. The van der Waals surface area contributed by atoms with E-state index in [2.05, 4.69) is 208 Å². The molecular weight excluding hydrogens is 791 g/mol. The molecule has 0 saturated heterocycles. The predicted molar refractivity (Wildman–Crippen MR) is 208 cm³/mol. The Bertz CT molecular complexity index is 1670. The first-order chi connectivity index (χ1) is 22.9. The van der Waals surface area contributed by atoms with E-state index in [1.807, 2.05) is 0 Å². The molecule has 242 valence electrons. The van der Waals surface area contributed by atoms with Gasteiger partial charge in [-0.1, -0.05) is 0 Å². The molecule has 0 aliphatic rings. The molecule has 0 fully saturated rings. The van der Waals surface area contributed by atoms with Crippen LogP contribution in [0, 0.1) is 0 Å². The molecular formula is C41H43IrN2OP2. The number of anilines is 2. The third-order valence-electron chi connectivity index (χ3n) is 8.79. The Morgan fingerprint density at radius 1 is 0.383 bits per heavy atom. The summed E-state index contributed by atoms with van der Waals surface area (Å²) in [5, 5.41) is 7.82. The van der Waals surface area contributed by atoms with E-state index < -0.39 is 26.5 Å². The molecule has 0 atom stereocenters. The van der Waals surface area contributed by atoms with Gasteiger partial charge >= 0.3 is 287 Å². The minimum atomic E-state index is -3.03. The number of benzene rings is 6. The number of hydrogen-bond acceptors (Lipinski definition) is 3. The summed E-state index contributed by atoms with van der Waals surface area (Å²) in [5.41, 5.74) is -3.69. The van der Waals surface area contributed by atoms with Gasteiger partial charge in [0.2, 0.25) is 0 Å². The van der Waals surface area contributed by atoms with E-state index in [0.29, 0.717) is 0 Å². The zero-order chi connectivity index (χ0) is 32.9. The van der Waals surface area contributed by atoms with Crippen LogP contribution in [0.1, 0.15) is 0 Å². The van der Waals surface area contributed by atoms with Gasteiger partial charge in [0, 0.05) is 0 Å². The molecule has 0 spiro atoms. The van der Waals surface area contributed by atoms with E-state index in [1.54, 1.807) is 0 Å². The fraction of sp³-hybridized carbons (Fsp3) is 0.0976. The molecule has 6 heteroatoms. The van der Waals surface area contributed by atoms with Crippen LogP contribution in [0.2, 0.25) is 0 Å². The van der Waals surface area contributed by atoms with Crippen molar-refractivity contribution in [2.45, 2.75) is 0 Å². The van der Waals surface area contributed by atoms with Gasteiger partial charge in [-0.25, -0.2) is 0 Å². The summed E-state index contributed by atoms with van der Waals surface area (Å²) in [6.07, 6.45) is 0. The third kappa shape index (κ3) is 6.01. The summed E-state index contributed by atoms with van der Waals surface area (Å²) in [4.78, 5) is 20.5. The first-order valence-corrected chi connectivity index (χ1v) is 28.0. The number of hydrogen-bond donors (Lipinski definition) is 0. The van der Waals surface area contributed by atoms with Crippen LogP contribution in [0.25, 0.3) is 0 Å². The third-order valence-corrected chi connectivity index (χ3v) is 54.7. The molecule has 0 amide bonds. The van der Waals surface area contributed by atoms with Gasteiger partial charge in [-0.05, 0) is 0 Å². The SMILES string of the molecule is CN(C)c1ccc([PH](c2ccccc2)(c2ccccc2)[Ir]([CH]=O)[PH](c2ccccc2)(c2ccccc2)c2ccc(N(C)C)cc2)cc1.